The fourth-order valence-electron chi connectivity index (χ4n) is 1.94. The van der Waals surface area contributed by atoms with Crippen molar-refractivity contribution >= 4 is 11.8 Å². The summed E-state index contributed by atoms with van der Waals surface area (Å²) in [7, 11) is 0. The zero-order valence-corrected chi connectivity index (χ0v) is 8.03. The number of nitrogens with zero attached hydrogens (tertiary/aromatic N) is 1. The molecule has 1 heterocycles. The van der Waals surface area contributed by atoms with E-state index in [9.17, 15) is 9.59 Å². The van der Waals surface area contributed by atoms with Crippen molar-refractivity contribution in [3.8, 4) is 0 Å². The summed E-state index contributed by atoms with van der Waals surface area (Å²) in [6, 6.07) is -0.427. The van der Waals surface area contributed by atoms with Crippen molar-refractivity contribution in [3.63, 3.8) is 0 Å². The molecule has 1 atom stereocenters. The highest BCUT2D eigenvalue weighted by atomic mass is 16.2. The van der Waals surface area contributed by atoms with Crippen LogP contribution in [0.15, 0.2) is 0 Å². The van der Waals surface area contributed by atoms with Crippen molar-refractivity contribution < 1.29 is 9.59 Å². The number of likely N-dealkylation sites (tertiary alicyclic amines) is 1. The zero-order chi connectivity index (χ0) is 10.3. The number of hydrogen-bond donors (Lipinski definition) is 2. The van der Waals surface area contributed by atoms with Gasteiger partial charge in [-0.3, -0.25) is 9.59 Å². The van der Waals surface area contributed by atoms with Gasteiger partial charge in [0.2, 0.25) is 11.8 Å². The van der Waals surface area contributed by atoms with E-state index in [0.717, 1.165) is 19.3 Å². The molecule has 0 bridgehead atoms. The van der Waals surface area contributed by atoms with E-state index in [1.807, 2.05) is 0 Å². The van der Waals surface area contributed by atoms with Gasteiger partial charge in [-0.15, -0.1) is 0 Å². The van der Waals surface area contributed by atoms with E-state index in [-0.39, 0.29) is 5.91 Å². The van der Waals surface area contributed by atoms with Crippen molar-refractivity contribution in [3.05, 3.63) is 0 Å². The van der Waals surface area contributed by atoms with Crippen LogP contribution in [0.3, 0.4) is 0 Å². The Labute approximate surface area is 82.4 Å². The van der Waals surface area contributed by atoms with Crippen LogP contribution < -0.4 is 11.5 Å². The molecule has 0 spiro atoms. The minimum atomic E-state index is -0.682. The lowest BCUT2D eigenvalue weighted by atomic mass is 10.2. The molecule has 1 saturated carbocycles. The first-order valence-corrected chi connectivity index (χ1v) is 4.94. The summed E-state index contributed by atoms with van der Waals surface area (Å²) < 4.78 is 0. The van der Waals surface area contributed by atoms with Crippen molar-refractivity contribution in [2.24, 2.45) is 11.5 Å². The summed E-state index contributed by atoms with van der Waals surface area (Å²) in [5, 5.41) is 0. The minimum Gasteiger partial charge on any atom is -0.368 e. The second kappa shape index (κ2) is 2.95. The van der Waals surface area contributed by atoms with E-state index in [4.69, 9.17) is 11.5 Å². The van der Waals surface area contributed by atoms with Gasteiger partial charge in [0.05, 0.1) is 5.54 Å². The van der Waals surface area contributed by atoms with Crippen molar-refractivity contribution in [2.75, 3.05) is 6.54 Å². The van der Waals surface area contributed by atoms with E-state index in [1.165, 1.54) is 0 Å². The predicted molar refractivity (Wildman–Crippen MR) is 50.1 cm³/mol. The number of rotatable bonds is 2. The lowest BCUT2D eigenvalue weighted by Crippen LogP contribution is -2.51. The van der Waals surface area contributed by atoms with Gasteiger partial charge in [0.1, 0.15) is 6.04 Å². The normalized spacial score (nSPS) is 28.9. The van der Waals surface area contributed by atoms with E-state index >= 15 is 0 Å². The van der Waals surface area contributed by atoms with Gasteiger partial charge >= 0.3 is 0 Å². The van der Waals surface area contributed by atoms with Gasteiger partial charge in [-0.1, -0.05) is 0 Å². The third kappa shape index (κ3) is 1.37. The third-order valence-electron chi connectivity index (χ3n) is 3.06. The van der Waals surface area contributed by atoms with Gasteiger partial charge in [0, 0.05) is 6.54 Å². The van der Waals surface area contributed by atoms with Crippen LogP contribution in [0.5, 0.6) is 0 Å². The van der Waals surface area contributed by atoms with Crippen LogP contribution in [0, 0.1) is 0 Å². The molecule has 2 fully saturated rings. The molecular formula is C9H15N3O2. The number of carbonyl (C=O) groups is 2. The van der Waals surface area contributed by atoms with Crippen molar-refractivity contribution in [1.29, 1.82) is 0 Å². The van der Waals surface area contributed by atoms with Gasteiger partial charge in [-0.25, -0.2) is 0 Å². The molecule has 0 aromatic rings. The van der Waals surface area contributed by atoms with E-state index in [2.05, 4.69) is 0 Å². The highest BCUT2D eigenvalue weighted by Gasteiger charge is 2.50. The van der Waals surface area contributed by atoms with Gasteiger partial charge in [0.15, 0.2) is 0 Å². The maximum absolute atomic E-state index is 11.8. The smallest absolute Gasteiger partial charge is 0.243 e. The molecule has 1 saturated heterocycles. The second-order valence-electron chi connectivity index (χ2n) is 4.22. The maximum atomic E-state index is 11.8. The molecule has 2 aliphatic rings. The summed E-state index contributed by atoms with van der Waals surface area (Å²) >= 11 is 0. The number of hydrogen-bond acceptors (Lipinski definition) is 3. The van der Waals surface area contributed by atoms with E-state index in [1.54, 1.807) is 4.90 Å². The zero-order valence-electron chi connectivity index (χ0n) is 8.03. The first-order chi connectivity index (χ1) is 6.54. The summed E-state index contributed by atoms with van der Waals surface area (Å²) in [5.41, 5.74) is 10.3. The fourth-order valence-corrected chi connectivity index (χ4v) is 1.94. The van der Waals surface area contributed by atoms with E-state index in [0.29, 0.717) is 13.0 Å². The largest absolute Gasteiger partial charge is 0.368 e. The molecule has 0 aromatic heterocycles. The van der Waals surface area contributed by atoms with Crippen LogP contribution in [-0.2, 0) is 9.59 Å². The van der Waals surface area contributed by atoms with Crippen LogP contribution >= 0.6 is 0 Å². The molecule has 14 heavy (non-hydrogen) atoms. The highest BCUT2D eigenvalue weighted by Crippen LogP contribution is 2.36. The van der Waals surface area contributed by atoms with Crippen molar-refractivity contribution in [1.82, 2.24) is 4.90 Å². The molecule has 5 nitrogen and oxygen atoms in total. The van der Waals surface area contributed by atoms with Gasteiger partial charge in [0.25, 0.3) is 0 Å². The second-order valence-corrected chi connectivity index (χ2v) is 4.22. The standard InChI is InChI=1S/C9H15N3O2/c10-7(13)6-2-1-5-12(6)8(14)9(11)3-4-9/h6H,1-5,11H2,(H2,10,13). The Bertz CT molecular complexity index is 286. The van der Waals surface area contributed by atoms with Gasteiger partial charge < -0.3 is 16.4 Å². The summed E-state index contributed by atoms with van der Waals surface area (Å²) in [6.45, 7) is 0.616. The Morgan fingerprint density at radius 2 is 2.00 bits per heavy atom. The Morgan fingerprint density at radius 3 is 2.50 bits per heavy atom. The van der Waals surface area contributed by atoms with Crippen LogP contribution in [0.25, 0.3) is 0 Å². The Kier molecular flexibility index (Phi) is 1.99. The number of nitrogens with two attached hydrogens (primary N) is 2. The Morgan fingerprint density at radius 1 is 1.36 bits per heavy atom. The molecule has 78 valence electrons. The van der Waals surface area contributed by atoms with E-state index < -0.39 is 17.5 Å². The summed E-state index contributed by atoms with van der Waals surface area (Å²) in [5.74, 6) is -0.515. The average molecular weight is 197 g/mol. The quantitative estimate of drug-likeness (QED) is 0.592. The Hall–Kier alpha value is -1.10. The molecule has 4 N–H and O–H groups in total. The minimum absolute atomic E-state index is 0.0983. The molecule has 5 heteroatoms. The molecule has 0 radical (unpaired) electrons. The number of amides is 2. The summed E-state index contributed by atoms with van der Waals surface area (Å²) in [6.07, 6.45) is 2.98. The highest BCUT2D eigenvalue weighted by molar-refractivity contribution is 5.93. The first-order valence-electron chi connectivity index (χ1n) is 4.94. The van der Waals surface area contributed by atoms with Crippen LogP contribution in [0.4, 0.5) is 0 Å². The SMILES string of the molecule is NC(=O)C1CCCN1C(=O)C1(N)CC1. The van der Waals surface area contributed by atoms with Gasteiger partial charge in [-0.2, -0.15) is 0 Å². The number of carbonyl (C=O) groups excluding carboxylic acids is 2. The Balaban J connectivity index is 2.09. The lowest BCUT2D eigenvalue weighted by Gasteiger charge is -2.25. The van der Waals surface area contributed by atoms with Gasteiger partial charge in [-0.05, 0) is 25.7 Å². The molecule has 1 aliphatic heterocycles. The monoisotopic (exact) mass is 197 g/mol. The molecule has 1 unspecified atom stereocenters. The molecular weight excluding hydrogens is 182 g/mol. The van der Waals surface area contributed by atoms with Crippen LogP contribution in [0.2, 0.25) is 0 Å². The van der Waals surface area contributed by atoms with Crippen LogP contribution in [0.1, 0.15) is 25.7 Å². The third-order valence-corrected chi connectivity index (χ3v) is 3.06. The van der Waals surface area contributed by atoms with Crippen molar-refractivity contribution in [2.45, 2.75) is 37.3 Å². The molecule has 2 amide bonds. The maximum Gasteiger partial charge on any atom is 0.243 e. The number of primary amides is 1. The van der Waals surface area contributed by atoms with Crippen LogP contribution in [-0.4, -0.2) is 34.8 Å². The predicted octanol–water partition coefficient (Wildman–Crippen LogP) is -1.05. The molecule has 1 aliphatic carbocycles. The molecule has 0 aromatic carbocycles. The summed E-state index contributed by atoms with van der Waals surface area (Å²) in [4.78, 5) is 24.4. The topological polar surface area (TPSA) is 89.4 Å². The molecule has 2 rings (SSSR count). The average Bonchev–Trinajstić information content (AvgIpc) is 2.69. The first kappa shape index (κ1) is 9.45. The fraction of sp³-hybridized carbons (Fsp3) is 0.778. The lowest BCUT2D eigenvalue weighted by molar-refractivity contribution is -0.139.